The van der Waals surface area contributed by atoms with Crippen molar-refractivity contribution in [2.75, 3.05) is 32.2 Å². The summed E-state index contributed by atoms with van der Waals surface area (Å²) in [5, 5.41) is 3.93. The summed E-state index contributed by atoms with van der Waals surface area (Å²) < 4.78 is 10.8. The molecule has 38 heavy (non-hydrogen) atoms. The second kappa shape index (κ2) is 9.97. The Morgan fingerprint density at radius 2 is 1.76 bits per heavy atom. The number of hydrogen-bond acceptors (Lipinski definition) is 6. The number of amides is 1. The highest BCUT2D eigenvalue weighted by Gasteiger charge is 2.50. The fraction of sp³-hybridized carbons (Fsp3) is 0.500. The van der Waals surface area contributed by atoms with Crippen molar-refractivity contribution in [1.82, 2.24) is 15.3 Å². The minimum Gasteiger partial charge on any atom is -0.493 e. The second-order valence-corrected chi connectivity index (χ2v) is 11.1. The van der Waals surface area contributed by atoms with E-state index in [1.165, 1.54) is 17.5 Å². The van der Waals surface area contributed by atoms with Gasteiger partial charge in [0.2, 0.25) is 11.9 Å². The van der Waals surface area contributed by atoms with Crippen LogP contribution in [0.15, 0.2) is 41.2 Å². The van der Waals surface area contributed by atoms with Crippen molar-refractivity contribution in [1.29, 1.82) is 0 Å². The van der Waals surface area contributed by atoms with Crippen molar-refractivity contribution in [3.05, 3.63) is 57.9 Å². The number of aryl methyl sites for hydroxylation is 1. The highest BCUT2D eigenvalue weighted by atomic mass is 16.5. The average Bonchev–Trinajstić information content (AvgIpc) is 2.91. The first-order chi connectivity index (χ1) is 18.5. The van der Waals surface area contributed by atoms with Crippen molar-refractivity contribution in [2.24, 2.45) is 11.3 Å². The van der Waals surface area contributed by atoms with Crippen LogP contribution in [0.5, 0.6) is 11.5 Å². The molecule has 1 aromatic heterocycles. The first-order valence-corrected chi connectivity index (χ1v) is 13.8. The van der Waals surface area contributed by atoms with Crippen molar-refractivity contribution in [3.63, 3.8) is 0 Å². The van der Waals surface area contributed by atoms with Gasteiger partial charge in [-0.2, -0.15) is 0 Å². The van der Waals surface area contributed by atoms with Gasteiger partial charge in [0.15, 0.2) is 11.5 Å². The van der Waals surface area contributed by atoms with Gasteiger partial charge in [0.25, 0.3) is 5.56 Å². The molecular formula is C30H36N4O4. The molecule has 0 radical (unpaired) electrons. The number of H-pyrrole nitrogens is 1. The van der Waals surface area contributed by atoms with Crippen molar-refractivity contribution in [2.45, 2.75) is 57.4 Å². The third-order valence-electron chi connectivity index (χ3n) is 9.17. The maximum atomic E-state index is 13.9. The minimum atomic E-state index is -0.348. The van der Waals surface area contributed by atoms with Crippen LogP contribution in [0.1, 0.15) is 49.7 Å². The van der Waals surface area contributed by atoms with E-state index in [1.807, 2.05) is 0 Å². The van der Waals surface area contributed by atoms with Gasteiger partial charge in [0, 0.05) is 25.2 Å². The van der Waals surface area contributed by atoms with Crippen LogP contribution in [0.25, 0.3) is 10.9 Å². The number of anilines is 1. The summed E-state index contributed by atoms with van der Waals surface area (Å²) in [5.41, 5.74) is 2.77. The third-order valence-corrected chi connectivity index (χ3v) is 9.17. The molecule has 1 amide bonds. The standard InChI is InChI=1S/C30H36N4O4/c1-37-25-17-23-24(18-26(25)38-2)32-29(33-27(23)35)34-14-12-30(13-15-34,21-8-5-9-21)28(36)31-22-11-10-19-6-3-4-7-20(19)16-22/h3-4,6-7,17-18,21-22H,5,8-16H2,1-2H3,(H,31,36)(H,32,33,35). The van der Waals surface area contributed by atoms with E-state index < -0.39 is 0 Å². The van der Waals surface area contributed by atoms with Crippen LogP contribution >= 0.6 is 0 Å². The maximum absolute atomic E-state index is 13.9. The Morgan fingerprint density at radius 1 is 1.05 bits per heavy atom. The monoisotopic (exact) mass is 516 g/mol. The summed E-state index contributed by atoms with van der Waals surface area (Å²) in [7, 11) is 3.12. The smallest absolute Gasteiger partial charge is 0.260 e. The number of methoxy groups -OCH3 is 2. The van der Waals surface area contributed by atoms with Gasteiger partial charge in [-0.3, -0.25) is 14.6 Å². The fourth-order valence-corrected chi connectivity index (χ4v) is 6.65. The first-order valence-electron chi connectivity index (χ1n) is 13.8. The van der Waals surface area contributed by atoms with Crippen LogP contribution < -0.4 is 25.2 Å². The minimum absolute atomic E-state index is 0.192. The molecule has 8 heteroatoms. The van der Waals surface area contributed by atoms with Crippen LogP contribution in [-0.4, -0.2) is 49.2 Å². The number of hydrogen-bond donors (Lipinski definition) is 2. The highest BCUT2D eigenvalue weighted by Crippen LogP contribution is 2.49. The number of aromatic amines is 1. The molecule has 3 aliphatic rings. The molecule has 1 saturated carbocycles. The molecule has 2 N–H and O–H groups in total. The van der Waals surface area contributed by atoms with Crippen LogP contribution in [0.2, 0.25) is 0 Å². The zero-order valence-electron chi connectivity index (χ0n) is 22.2. The Bertz CT molecular complexity index is 1410. The summed E-state index contributed by atoms with van der Waals surface area (Å²) in [6, 6.07) is 12.2. The lowest BCUT2D eigenvalue weighted by atomic mass is 9.60. The topological polar surface area (TPSA) is 96.5 Å². The molecule has 2 aromatic carbocycles. The van der Waals surface area contributed by atoms with E-state index in [1.54, 1.807) is 26.4 Å². The molecule has 2 heterocycles. The van der Waals surface area contributed by atoms with Crippen LogP contribution in [-0.2, 0) is 17.6 Å². The number of fused-ring (bicyclic) bond motifs is 2. The Balaban J connectivity index is 1.20. The number of carbonyl (C=O) groups excluding carboxylic acids is 1. The van der Waals surface area contributed by atoms with E-state index in [0.29, 0.717) is 47.4 Å². The average molecular weight is 517 g/mol. The van der Waals surface area contributed by atoms with Gasteiger partial charge < -0.3 is 19.7 Å². The molecule has 2 aliphatic carbocycles. The maximum Gasteiger partial charge on any atom is 0.260 e. The summed E-state index contributed by atoms with van der Waals surface area (Å²) >= 11 is 0. The molecule has 1 aliphatic heterocycles. The van der Waals surface area contributed by atoms with Crippen LogP contribution in [0, 0.1) is 11.3 Å². The summed E-state index contributed by atoms with van der Waals surface area (Å²) in [4.78, 5) is 36.7. The SMILES string of the molecule is COc1cc2nc(N3CCC(C(=O)NC4CCc5ccccc5C4)(C4CCC4)CC3)[nH]c(=O)c2cc1OC. The molecule has 0 spiro atoms. The van der Waals surface area contributed by atoms with E-state index in [4.69, 9.17) is 14.5 Å². The number of ether oxygens (including phenoxy) is 2. The summed E-state index contributed by atoms with van der Waals surface area (Å²) in [5.74, 6) is 2.23. The fourth-order valence-electron chi connectivity index (χ4n) is 6.65. The molecule has 1 atom stereocenters. The number of nitrogens with one attached hydrogen (secondary N) is 2. The van der Waals surface area contributed by atoms with E-state index in [2.05, 4.69) is 39.5 Å². The molecule has 8 nitrogen and oxygen atoms in total. The van der Waals surface area contributed by atoms with Crippen molar-refractivity contribution in [3.8, 4) is 11.5 Å². The number of nitrogens with zero attached hydrogens (tertiary/aromatic N) is 2. The van der Waals surface area contributed by atoms with Gasteiger partial charge in [0.1, 0.15) is 0 Å². The quantitative estimate of drug-likeness (QED) is 0.514. The number of carbonyl (C=O) groups is 1. The molecule has 3 aromatic rings. The predicted molar refractivity (Wildman–Crippen MR) is 147 cm³/mol. The highest BCUT2D eigenvalue weighted by molar-refractivity contribution is 5.84. The van der Waals surface area contributed by atoms with E-state index in [9.17, 15) is 9.59 Å². The Labute approximate surface area is 222 Å². The van der Waals surface area contributed by atoms with Gasteiger partial charge in [-0.05, 0) is 68.1 Å². The van der Waals surface area contributed by atoms with Gasteiger partial charge >= 0.3 is 0 Å². The second-order valence-electron chi connectivity index (χ2n) is 11.1. The third kappa shape index (κ3) is 4.29. The lowest BCUT2D eigenvalue weighted by Crippen LogP contribution is -2.56. The largest absolute Gasteiger partial charge is 0.493 e. The van der Waals surface area contributed by atoms with Crippen molar-refractivity contribution < 1.29 is 14.3 Å². The molecule has 6 rings (SSSR count). The van der Waals surface area contributed by atoms with Crippen molar-refractivity contribution >= 4 is 22.8 Å². The Kier molecular flexibility index (Phi) is 6.50. The summed E-state index contributed by atoms with van der Waals surface area (Å²) in [6.07, 6.45) is 7.88. The molecule has 2 fully saturated rings. The van der Waals surface area contributed by atoms with Gasteiger partial charge in [-0.25, -0.2) is 4.98 Å². The van der Waals surface area contributed by atoms with Crippen LogP contribution in [0.3, 0.4) is 0 Å². The molecule has 200 valence electrons. The van der Waals surface area contributed by atoms with Gasteiger partial charge in [-0.1, -0.05) is 30.7 Å². The zero-order valence-corrected chi connectivity index (χ0v) is 22.2. The lowest BCUT2D eigenvalue weighted by molar-refractivity contribution is -0.139. The van der Waals surface area contributed by atoms with Crippen LogP contribution in [0.4, 0.5) is 5.95 Å². The normalized spacial score (nSPS) is 20.9. The number of benzene rings is 2. The van der Waals surface area contributed by atoms with Gasteiger partial charge in [-0.15, -0.1) is 0 Å². The van der Waals surface area contributed by atoms with E-state index in [0.717, 1.165) is 44.9 Å². The lowest BCUT2D eigenvalue weighted by Gasteiger charge is -2.49. The molecule has 1 unspecified atom stereocenters. The summed E-state index contributed by atoms with van der Waals surface area (Å²) in [6.45, 7) is 1.36. The Hall–Kier alpha value is -3.55. The first kappa shape index (κ1) is 24.8. The predicted octanol–water partition coefficient (Wildman–Crippen LogP) is 4.00. The Morgan fingerprint density at radius 3 is 2.45 bits per heavy atom. The van der Waals surface area contributed by atoms with E-state index >= 15 is 0 Å². The molecule has 1 saturated heterocycles. The molecular weight excluding hydrogens is 480 g/mol. The van der Waals surface area contributed by atoms with Gasteiger partial charge in [0.05, 0.1) is 30.5 Å². The number of rotatable bonds is 6. The number of piperidine rings is 1. The number of aromatic nitrogens is 2. The zero-order chi connectivity index (χ0) is 26.3. The molecule has 0 bridgehead atoms. The van der Waals surface area contributed by atoms with E-state index in [-0.39, 0.29) is 22.9 Å².